The molecule has 1 saturated heterocycles. The number of aliphatic hydroxyl groups is 1. The van der Waals surface area contributed by atoms with Gasteiger partial charge in [0.15, 0.2) is 0 Å². The van der Waals surface area contributed by atoms with E-state index in [1.807, 2.05) is 13.8 Å². The molecule has 0 spiro atoms. The zero-order valence-corrected chi connectivity index (χ0v) is 13.1. The Bertz CT molecular complexity index is 461. The van der Waals surface area contributed by atoms with Crippen LogP contribution in [0, 0.1) is 0 Å². The van der Waals surface area contributed by atoms with Gasteiger partial charge in [0, 0.05) is 19.5 Å². The van der Waals surface area contributed by atoms with E-state index in [4.69, 9.17) is 4.74 Å². The molecule has 2 N–H and O–H groups in total. The second-order valence-corrected chi connectivity index (χ2v) is 5.89. The Kier molecular flexibility index (Phi) is 5.30. The molecule has 1 aliphatic heterocycles. The van der Waals surface area contributed by atoms with Crippen LogP contribution in [0.4, 0.5) is 11.9 Å². The quantitative estimate of drug-likeness (QED) is 0.804. The van der Waals surface area contributed by atoms with Gasteiger partial charge in [0.1, 0.15) is 5.82 Å². The van der Waals surface area contributed by atoms with Crippen LogP contribution in [0.1, 0.15) is 33.0 Å². The van der Waals surface area contributed by atoms with Gasteiger partial charge in [-0.3, -0.25) is 0 Å². The number of aromatic nitrogens is 3. The summed E-state index contributed by atoms with van der Waals surface area (Å²) in [4.78, 5) is 15.6. The average Bonchev–Trinajstić information content (AvgIpc) is 2.48. The van der Waals surface area contributed by atoms with Crippen LogP contribution in [-0.4, -0.2) is 58.5 Å². The van der Waals surface area contributed by atoms with Crippen molar-refractivity contribution in [1.29, 1.82) is 0 Å². The maximum Gasteiger partial charge on any atom is 0.230 e. The third-order valence-corrected chi connectivity index (χ3v) is 3.28. The largest absolute Gasteiger partial charge is 0.394 e. The van der Waals surface area contributed by atoms with Crippen LogP contribution in [0.3, 0.4) is 0 Å². The normalized spacial score (nSPS) is 16.1. The SMILES string of the molecule is CCCc1nc(NC(C)(C)CO)nc(N2CCOCC2)n1. The first-order valence-corrected chi connectivity index (χ1v) is 7.51. The third kappa shape index (κ3) is 4.50. The Morgan fingerprint density at radius 2 is 1.95 bits per heavy atom. The number of hydrogen-bond donors (Lipinski definition) is 2. The number of nitrogens with zero attached hydrogens (tertiary/aromatic N) is 4. The lowest BCUT2D eigenvalue weighted by Crippen LogP contribution is -2.39. The highest BCUT2D eigenvalue weighted by molar-refractivity contribution is 5.39. The Morgan fingerprint density at radius 3 is 2.57 bits per heavy atom. The zero-order chi connectivity index (χ0) is 15.3. The fourth-order valence-corrected chi connectivity index (χ4v) is 2.05. The van der Waals surface area contributed by atoms with Crippen molar-refractivity contribution in [3.63, 3.8) is 0 Å². The molecule has 2 heterocycles. The second-order valence-electron chi connectivity index (χ2n) is 5.89. The fourth-order valence-electron chi connectivity index (χ4n) is 2.05. The molecule has 2 rings (SSSR count). The number of rotatable bonds is 6. The molecule has 0 unspecified atom stereocenters. The minimum absolute atomic E-state index is 0.00861. The van der Waals surface area contributed by atoms with Gasteiger partial charge in [0.05, 0.1) is 25.4 Å². The monoisotopic (exact) mass is 295 g/mol. The van der Waals surface area contributed by atoms with Crippen molar-refractivity contribution in [1.82, 2.24) is 15.0 Å². The molecule has 1 fully saturated rings. The highest BCUT2D eigenvalue weighted by atomic mass is 16.5. The maximum absolute atomic E-state index is 9.39. The first-order chi connectivity index (χ1) is 10.0. The Balaban J connectivity index is 2.24. The van der Waals surface area contributed by atoms with Crippen LogP contribution in [0.25, 0.3) is 0 Å². The number of ether oxygens (including phenoxy) is 1. The third-order valence-electron chi connectivity index (χ3n) is 3.28. The highest BCUT2D eigenvalue weighted by Crippen LogP contribution is 2.16. The summed E-state index contributed by atoms with van der Waals surface area (Å²) in [5.41, 5.74) is -0.465. The minimum Gasteiger partial charge on any atom is -0.394 e. The molecule has 118 valence electrons. The van der Waals surface area contributed by atoms with Gasteiger partial charge in [-0.05, 0) is 20.3 Å². The van der Waals surface area contributed by atoms with Gasteiger partial charge in [-0.2, -0.15) is 15.0 Å². The molecular weight excluding hydrogens is 270 g/mol. The summed E-state index contributed by atoms with van der Waals surface area (Å²) < 4.78 is 5.37. The van der Waals surface area contributed by atoms with E-state index in [9.17, 15) is 5.11 Å². The number of aliphatic hydroxyl groups excluding tert-OH is 1. The number of hydrogen-bond acceptors (Lipinski definition) is 7. The van der Waals surface area contributed by atoms with Crippen molar-refractivity contribution in [3.05, 3.63) is 5.82 Å². The first-order valence-electron chi connectivity index (χ1n) is 7.51. The van der Waals surface area contributed by atoms with Gasteiger partial charge in [0.25, 0.3) is 0 Å². The van der Waals surface area contributed by atoms with E-state index in [1.54, 1.807) is 0 Å². The lowest BCUT2D eigenvalue weighted by Gasteiger charge is -2.28. The van der Waals surface area contributed by atoms with Crippen molar-refractivity contribution >= 4 is 11.9 Å². The molecule has 1 aromatic rings. The van der Waals surface area contributed by atoms with E-state index in [1.165, 1.54) is 0 Å². The van der Waals surface area contributed by atoms with Crippen LogP contribution < -0.4 is 10.2 Å². The van der Waals surface area contributed by atoms with E-state index in [0.717, 1.165) is 31.8 Å². The molecule has 1 aliphatic rings. The first kappa shape index (κ1) is 15.9. The molecule has 0 aliphatic carbocycles. The molecule has 7 heteroatoms. The van der Waals surface area contributed by atoms with Crippen molar-refractivity contribution < 1.29 is 9.84 Å². The van der Waals surface area contributed by atoms with E-state index >= 15 is 0 Å². The van der Waals surface area contributed by atoms with Crippen LogP contribution in [0.5, 0.6) is 0 Å². The van der Waals surface area contributed by atoms with Gasteiger partial charge >= 0.3 is 0 Å². The topological polar surface area (TPSA) is 83.4 Å². The second kappa shape index (κ2) is 7.00. The molecule has 0 amide bonds. The number of nitrogens with one attached hydrogen (secondary N) is 1. The smallest absolute Gasteiger partial charge is 0.230 e. The Morgan fingerprint density at radius 1 is 1.24 bits per heavy atom. The fraction of sp³-hybridized carbons (Fsp3) is 0.786. The Labute approximate surface area is 125 Å². The summed E-state index contributed by atoms with van der Waals surface area (Å²) in [6, 6.07) is 0. The predicted molar refractivity (Wildman–Crippen MR) is 81.6 cm³/mol. The molecule has 0 saturated carbocycles. The van der Waals surface area contributed by atoms with Gasteiger partial charge < -0.3 is 20.1 Å². The van der Waals surface area contributed by atoms with Gasteiger partial charge in [-0.25, -0.2) is 0 Å². The number of aryl methyl sites for hydroxylation is 1. The predicted octanol–water partition coefficient (Wildman–Crippen LogP) is 0.843. The van der Waals surface area contributed by atoms with Crippen molar-refractivity contribution in [2.75, 3.05) is 43.1 Å². The highest BCUT2D eigenvalue weighted by Gasteiger charge is 2.20. The minimum atomic E-state index is -0.465. The summed E-state index contributed by atoms with van der Waals surface area (Å²) in [7, 11) is 0. The van der Waals surface area contributed by atoms with Crippen molar-refractivity contribution in [2.45, 2.75) is 39.2 Å². The summed E-state index contributed by atoms with van der Waals surface area (Å²) in [6.07, 6.45) is 1.80. The lowest BCUT2D eigenvalue weighted by molar-refractivity contribution is 0.122. The van der Waals surface area contributed by atoms with E-state index in [0.29, 0.717) is 25.1 Å². The maximum atomic E-state index is 9.39. The molecule has 0 radical (unpaired) electrons. The van der Waals surface area contributed by atoms with Crippen LogP contribution in [-0.2, 0) is 11.2 Å². The molecule has 21 heavy (non-hydrogen) atoms. The summed E-state index contributed by atoms with van der Waals surface area (Å²) >= 11 is 0. The molecule has 7 nitrogen and oxygen atoms in total. The number of anilines is 2. The van der Waals surface area contributed by atoms with E-state index < -0.39 is 5.54 Å². The van der Waals surface area contributed by atoms with Crippen LogP contribution in [0.2, 0.25) is 0 Å². The molecule has 0 aromatic carbocycles. The molecule has 1 aromatic heterocycles. The summed E-state index contributed by atoms with van der Waals surface area (Å²) in [6.45, 7) is 8.89. The summed E-state index contributed by atoms with van der Waals surface area (Å²) in [5, 5.41) is 12.6. The lowest BCUT2D eigenvalue weighted by atomic mass is 10.1. The van der Waals surface area contributed by atoms with Crippen molar-refractivity contribution in [2.24, 2.45) is 0 Å². The Hall–Kier alpha value is -1.47. The number of morpholine rings is 1. The van der Waals surface area contributed by atoms with Crippen LogP contribution >= 0.6 is 0 Å². The zero-order valence-electron chi connectivity index (χ0n) is 13.1. The van der Waals surface area contributed by atoms with Gasteiger partial charge in [-0.1, -0.05) is 6.92 Å². The molecule has 0 bridgehead atoms. The molecular formula is C14H25N5O2. The standard InChI is InChI=1S/C14H25N5O2/c1-4-5-11-15-12(18-14(2,3)10-20)17-13(16-11)19-6-8-21-9-7-19/h20H,4-10H2,1-3H3,(H,15,16,17,18). The summed E-state index contributed by atoms with van der Waals surface area (Å²) in [5.74, 6) is 1.99. The van der Waals surface area contributed by atoms with Crippen molar-refractivity contribution in [3.8, 4) is 0 Å². The van der Waals surface area contributed by atoms with Gasteiger partial charge in [0.2, 0.25) is 11.9 Å². The van der Waals surface area contributed by atoms with E-state index in [2.05, 4.69) is 32.1 Å². The molecule has 0 atom stereocenters. The van der Waals surface area contributed by atoms with E-state index in [-0.39, 0.29) is 6.61 Å². The van der Waals surface area contributed by atoms with Gasteiger partial charge in [-0.15, -0.1) is 0 Å². The average molecular weight is 295 g/mol. The van der Waals surface area contributed by atoms with Crippen LogP contribution in [0.15, 0.2) is 0 Å².